The van der Waals surface area contributed by atoms with E-state index < -0.39 is 0 Å². The van der Waals surface area contributed by atoms with E-state index in [1.165, 1.54) is 50.6 Å². The molecular formula is C15H29N3. The van der Waals surface area contributed by atoms with E-state index in [1.54, 1.807) is 0 Å². The van der Waals surface area contributed by atoms with E-state index in [2.05, 4.69) is 28.7 Å². The van der Waals surface area contributed by atoms with Gasteiger partial charge in [-0.2, -0.15) is 0 Å². The number of nitrogens with zero attached hydrogens (tertiary/aromatic N) is 2. The maximum absolute atomic E-state index is 4.25. The van der Waals surface area contributed by atoms with Gasteiger partial charge in [-0.1, -0.05) is 46.0 Å². The summed E-state index contributed by atoms with van der Waals surface area (Å²) in [5.41, 5.74) is 1.32. The summed E-state index contributed by atoms with van der Waals surface area (Å²) in [5.74, 6) is 0. The molecule has 0 radical (unpaired) electrons. The molecule has 0 saturated heterocycles. The largest absolute Gasteiger partial charge is 0.333 e. The second-order valence-electron chi connectivity index (χ2n) is 5.02. The Balaban J connectivity index is 2.15. The zero-order valence-electron chi connectivity index (χ0n) is 12.1. The lowest BCUT2D eigenvalue weighted by Crippen LogP contribution is -2.16. The zero-order valence-corrected chi connectivity index (χ0v) is 12.1. The minimum atomic E-state index is 0.948. The van der Waals surface area contributed by atoms with Crippen LogP contribution in [0.15, 0.2) is 12.5 Å². The molecule has 0 aromatic carbocycles. The maximum Gasteiger partial charge on any atom is 0.0948 e. The Kier molecular flexibility index (Phi) is 8.57. The van der Waals surface area contributed by atoms with Crippen molar-refractivity contribution in [2.75, 3.05) is 6.54 Å². The summed E-state index contributed by atoms with van der Waals surface area (Å²) < 4.78 is 2.29. The number of unbranched alkanes of at least 4 members (excludes halogenated alkanes) is 5. The van der Waals surface area contributed by atoms with Crippen molar-refractivity contribution < 1.29 is 0 Å². The van der Waals surface area contributed by atoms with Crippen molar-refractivity contribution in [3.05, 3.63) is 18.2 Å². The van der Waals surface area contributed by atoms with Crippen LogP contribution in [0.25, 0.3) is 0 Å². The van der Waals surface area contributed by atoms with Gasteiger partial charge in [-0.05, 0) is 19.4 Å². The number of aryl methyl sites for hydroxylation is 1. The van der Waals surface area contributed by atoms with Crippen LogP contribution in [0.4, 0.5) is 0 Å². The molecule has 1 aromatic heterocycles. The van der Waals surface area contributed by atoms with Crippen molar-refractivity contribution in [1.82, 2.24) is 14.9 Å². The van der Waals surface area contributed by atoms with E-state index in [0.717, 1.165) is 19.6 Å². The van der Waals surface area contributed by atoms with Gasteiger partial charge in [0.25, 0.3) is 0 Å². The van der Waals surface area contributed by atoms with Crippen molar-refractivity contribution in [3.63, 3.8) is 0 Å². The highest BCUT2D eigenvalue weighted by Gasteiger charge is 2.01. The normalized spacial score (nSPS) is 11.0. The van der Waals surface area contributed by atoms with Crippen molar-refractivity contribution in [3.8, 4) is 0 Å². The van der Waals surface area contributed by atoms with Crippen LogP contribution in [0.2, 0.25) is 0 Å². The summed E-state index contributed by atoms with van der Waals surface area (Å²) in [7, 11) is 0. The second kappa shape index (κ2) is 10.1. The molecule has 3 nitrogen and oxygen atoms in total. The molecule has 0 amide bonds. The van der Waals surface area contributed by atoms with E-state index >= 15 is 0 Å². The lowest BCUT2D eigenvalue weighted by molar-refractivity contribution is 0.538. The van der Waals surface area contributed by atoms with Crippen LogP contribution < -0.4 is 5.32 Å². The third kappa shape index (κ3) is 6.20. The quantitative estimate of drug-likeness (QED) is 0.607. The fraction of sp³-hybridized carbons (Fsp3) is 0.800. The van der Waals surface area contributed by atoms with Gasteiger partial charge in [-0.15, -0.1) is 0 Å². The molecule has 1 heterocycles. The minimum absolute atomic E-state index is 0.948. The predicted octanol–water partition coefficient (Wildman–Crippen LogP) is 3.74. The van der Waals surface area contributed by atoms with Gasteiger partial charge < -0.3 is 9.88 Å². The molecule has 0 unspecified atom stereocenters. The number of imidazole rings is 1. The molecule has 0 aliphatic carbocycles. The molecular weight excluding hydrogens is 222 g/mol. The van der Waals surface area contributed by atoms with Crippen molar-refractivity contribution in [2.45, 2.75) is 71.9 Å². The van der Waals surface area contributed by atoms with Crippen LogP contribution >= 0.6 is 0 Å². The molecule has 0 atom stereocenters. The molecule has 0 bridgehead atoms. The third-order valence-corrected chi connectivity index (χ3v) is 3.28. The smallest absolute Gasteiger partial charge is 0.0948 e. The fourth-order valence-corrected chi connectivity index (χ4v) is 2.15. The summed E-state index contributed by atoms with van der Waals surface area (Å²) in [5, 5.41) is 3.44. The molecule has 18 heavy (non-hydrogen) atoms. The average molecular weight is 251 g/mol. The van der Waals surface area contributed by atoms with Gasteiger partial charge in [-0.3, -0.25) is 0 Å². The average Bonchev–Trinajstić information content (AvgIpc) is 2.82. The van der Waals surface area contributed by atoms with Crippen LogP contribution in [-0.4, -0.2) is 16.1 Å². The van der Waals surface area contributed by atoms with Crippen LogP contribution in [0, 0.1) is 0 Å². The van der Waals surface area contributed by atoms with E-state index in [4.69, 9.17) is 0 Å². The first-order valence-electron chi connectivity index (χ1n) is 7.58. The summed E-state index contributed by atoms with van der Waals surface area (Å²) in [6.45, 7) is 7.61. The van der Waals surface area contributed by atoms with E-state index in [0.29, 0.717) is 0 Å². The predicted molar refractivity (Wildman–Crippen MR) is 77.6 cm³/mol. The second-order valence-corrected chi connectivity index (χ2v) is 5.02. The Bertz CT molecular complexity index is 294. The SMILES string of the molecule is CCCCCCCCn1cncc1CNCCC. The highest BCUT2D eigenvalue weighted by molar-refractivity contribution is 4.97. The van der Waals surface area contributed by atoms with Gasteiger partial charge in [0.1, 0.15) is 0 Å². The summed E-state index contributed by atoms with van der Waals surface area (Å²) in [6.07, 6.45) is 13.3. The molecule has 1 rings (SSSR count). The minimum Gasteiger partial charge on any atom is -0.333 e. The topological polar surface area (TPSA) is 29.9 Å². The van der Waals surface area contributed by atoms with Gasteiger partial charge >= 0.3 is 0 Å². The van der Waals surface area contributed by atoms with Gasteiger partial charge in [-0.25, -0.2) is 4.98 Å². The van der Waals surface area contributed by atoms with E-state index in [1.807, 2.05) is 12.5 Å². The summed E-state index contributed by atoms with van der Waals surface area (Å²) >= 11 is 0. The van der Waals surface area contributed by atoms with Crippen LogP contribution in [0.3, 0.4) is 0 Å². The number of aromatic nitrogens is 2. The van der Waals surface area contributed by atoms with E-state index in [9.17, 15) is 0 Å². The van der Waals surface area contributed by atoms with Gasteiger partial charge in [0.05, 0.1) is 12.0 Å². The molecule has 104 valence electrons. The Labute approximate surface area is 112 Å². The standard InChI is InChI=1S/C15H29N3/c1-3-5-6-7-8-9-11-18-14-17-13-15(18)12-16-10-4-2/h13-14,16H,3-12H2,1-2H3. The molecule has 0 aliphatic heterocycles. The Hall–Kier alpha value is -0.830. The van der Waals surface area contributed by atoms with Crippen LogP contribution in [-0.2, 0) is 13.1 Å². The Morgan fingerprint density at radius 3 is 2.61 bits per heavy atom. The van der Waals surface area contributed by atoms with Gasteiger partial charge in [0, 0.05) is 19.3 Å². The molecule has 1 aromatic rings. The molecule has 0 saturated carbocycles. The van der Waals surface area contributed by atoms with Crippen molar-refractivity contribution in [2.24, 2.45) is 0 Å². The number of nitrogens with one attached hydrogen (secondary N) is 1. The first kappa shape index (κ1) is 15.2. The zero-order chi connectivity index (χ0) is 13.1. The molecule has 3 heteroatoms. The fourth-order valence-electron chi connectivity index (χ4n) is 2.15. The maximum atomic E-state index is 4.25. The Morgan fingerprint density at radius 1 is 1.06 bits per heavy atom. The lowest BCUT2D eigenvalue weighted by Gasteiger charge is -2.08. The summed E-state index contributed by atoms with van der Waals surface area (Å²) in [6, 6.07) is 0. The highest BCUT2D eigenvalue weighted by atomic mass is 15.1. The first-order valence-corrected chi connectivity index (χ1v) is 7.58. The molecule has 1 N–H and O–H groups in total. The third-order valence-electron chi connectivity index (χ3n) is 3.28. The van der Waals surface area contributed by atoms with Gasteiger partial charge in [0.2, 0.25) is 0 Å². The van der Waals surface area contributed by atoms with Crippen molar-refractivity contribution in [1.29, 1.82) is 0 Å². The molecule has 0 fully saturated rings. The number of hydrogen-bond donors (Lipinski definition) is 1. The monoisotopic (exact) mass is 251 g/mol. The van der Waals surface area contributed by atoms with Crippen LogP contribution in [0.5, 0.6) is 0 Å². The molecule has 0 spiro atoms. The van der Waals surface area contributed by atoms with Crippen LogP contribution in [0.1, 0.15) is 64.5 Å². The summed E-state index contributed by atoms with van der Waals surface area (Å²) in [4.78, 5) is 4.25. The van der Waals surface area contributed by atoms with E-state index in [-0.39, 0.29) is 0 Å². The Morgan fingerprint density at radius 2 is 1.83 bits per heavy atom. The molecule has 0 aliphatic rings. The van der Waals surface area contributed by atoms with Crippen molar-refractivity contribution >= 4 is 0 Å². The number of hydrogen-bond acceptors (Lipinski definition) is 2. The number of rotatable bonds is 11. The lowest BCUT2D eigenvalue weighted by atomic mass is 10.1. The first-order chi connectivity index (χ1) is 8.88. The highest BCUT2D eigenvalue weighted by Crippen LogP contribution is 2.07. The van der Waals surface area contributed by atoms with Gasteiger partial charge in [0.15, 0.2) is 0 Å².